The second kappa shape index (κ2) is 50.9. The molecule has 9 unspecified atom stereocenters. The van der Waals surface area contributed by atoms with Crippen LogP contribution in [0.2, 0.25) is 0 Å². The first-order valence-electron chi connectivity index (χ1n) is 30.5. The van der Waals surface area contributed by atoms with Crippen LogP contribution < -0.4 is 5.32 Å². The molecular weight excluding hydrogens is 919 g/mol. The molecule has 11 nitrogen and oxygen atoms in total. The number of nitrogens with one attached hydrogen (secondary N) is 1. The Morgan fingerprint density at radius 1 is 0.479 bits per heavy atom. The zero-order valence-corrected chi connectivity index (χ0v) is 46.9. The highest BCUT2D eigenvalue weighted by molar-refractivity contribution is 5.80. The molecule has 0 aliphatic carbocycles. The van der Waals surface area contributed by atoms with E-state index in [2.05, 4.69) is 67.8 Å². The second-order valence-corrected chi connectivity index (χ2v) is 21.4. The van der Waals surface area contributed by atoms with Crippen LogP contribution in [0.15, 0.2) is 48.6 Å². The molecule has 73 heavy (non-hydrogen) atoms. The van der Waals surface area contributed by atoms with Gasteiger partial charge in [-0.2, -0.15) is 0 Å². The lowest BCUT2D eigenvalue weighted by atomic mass is 9.98. The predicted molar refractivity (Wildman–Crippen MR) is 302 cm³/mol. The van der Waals surface area contributed by atoms with E-state index in [0.29, 0.717) is 19.3 Å². The third-order valence-corrected chi connectivity index (χ3v) is 14.6. The van der Waals surface area contributed by atoms with Gasteiger partial charge in [0.1, 0.15) is 36.6 Å². The number of aliphatic hydroxyl groups is 7. The molecule has 1 saturated heterocycles. The van der Waals surface area contributed by atoms with Gasteiger partial charge in [0.2, 0.25) is 5.91 Å². The van der Waals surface area contributed by atoms with Crippen LogP contribution in [0.3, 0.4) is 0 Å². The zero-order chi connectivity index (χ0) is 53.3. The van der Waals surface area contributed by atoms with Crippen LogP contribution >= 0.6 is 0 Å². The van der Waals surface area contributed by atoms with Crippen LogP contribution in [0.1, 0.15) is 271 Å². The number of ether oxygens (including phenoxy) is 2. The molecule has 1 amide bonds. The van der Waals surface area contributed by atoms with Crippen LogP contribution in [0.5, 0.6) is 0 Å². The van der Waals surface area contributed by atoms with E-state index in [9.17, 15) is 40.5 Å². The second-order valence-electron chi connectivity index (χ2n) is 21.4. The molecule has 1 heterocycles. The van der Waals surface area contributed by atoms with Gasteiger partial charge in [0.05, 0.1) is 25.4 Å². The third-order valence-electron chi connectivity index (χ3n) is 14.6. The summed E-state index contributed by atoms with van der Waals surface area (Å²) in [6.45, 7) is 3.43. The topological polar surface area (TPSA) is 189 Å². The Bertz CT molecular complexity index is 1320. The zero-order valence-electron chi connectivity index (χ0n) is 46.9. The van der Waals surface area contributed by atoms with Gasteiger partial charge < -0.3 is 50.5 Å². The summed E-state index contributed by atoms with van der Waals surface area (Å²) < 4.78 is 11.1. The first-order valence-corrected chi connectivity index (χ1v) is 30.5. The fraction of sp³-hybridized carbons (Fsp3) is 0.855. The number of aliphatic hydroxyl groups excluding tert-OH is 7. The number of rotatable bonds is 52. The Morgan fingerprint density at radius 2 is 0.863 bits per heavy atom. The Balaban J connectivity index is 2.21. The van der Waals surface area contributed by atoms with Crippen LogP contribution in [0.25, 0.3) is 0 Å². The van der Waals surface area contributed by atoms with Crippen molar-refractivity contribution >= 4 is 5.91 Å². The van der Waals surface area contributed by atoms with Crippen molar-refractivity contribution in [2.75, 3.05) is 13.2 Å². The average Bonchev–Trinajstić information content (AvgIpc) is 3.39. The number of unbranched alkanes of at least 4 members (excludes halogenated alkanes) is 32. The number of carbonyl (C=O) groups excluding carboxylic acids is 1. The molecule has 1 rings (SSSR count). The molecule has 0 aromatic heterocycles. The lowest BCUT2D eigenvalue weighted by Crippen LogP contribution is -2.60. The Morgan fingerprint density at radius 3 is 1.30 bits per heavy atom. The van der Waals surface area contributed by atoms with Gasteiger partial charge in [-0.15, -0.1) is 0 Å². The molecule has 9 atom stereocenters. The standard InChI is InChI=1S/C62H115NO10/c1-3-5-7-9-11-13-15-17-19-20-21-22-23-24-25-26-27-28-29-30-31-32-33-34-35-36-38-40-42-44-46-48-50-55(66)61(71)63-53(52-72-62-60(70)59(69)58(68)56(51-64)73-62)57(67)54(65)49-47-45-43-41-39-37-18-16-14-12-10-8-6-4-2/h16,18,21-22,24-25,41,43,53-60,62,64-70H,3-15,17,19-20,23,26-40,42,44-52H2,1-2H3,(H,63,71)/b18-16+,22-21-,25-24-,43-41+. The first kappa shape index (κ1) is 69.1. The monoisotopic (exact) mass is 1030 g/mol. The number of hydrogen-bond acceptors (Lipinski definition) is 10. The summed E-state index contributed by atoms with van der Waals surface area (Å²) in [5.41, 5.74) is 0. The molecule has 0 saturated carbocycles. The van der Waals surface area contributed by atoms with Gasteiger partial charge in [0.25, 0.3) is 0 Å². The van der Waals surface area contributed by atoms with Gasteiger partial charge in [-0.1, -0.05) is 236 Å². The van der Waals surface area contributed by atoms with Crippen molar-refractivity contribution in [2.24, 2.45) is 0 Å². The maximum atomic E-state index is 13.2. The normalized spacial score (nSPS) is 20.3. The Kier molecular flexibility index (Phi) is 48.1. The molecular formula is C62H115NO10. The van der Waals surface area contributed by atoms with E-state index in [4.69, 9.17) is 9.47 Å². The lowest BCUT2D eigenvalue weighted by Gasteiger charge is -2.40. The molecule has 0 aromatic rings. The minimum atomic E-state index is -1.67. The molecule has 1 aliphatic heterocycles. The van der Waals surface area contributed by atoms with E-state index in [1.54, 1.807) is 0 Å². The summed E-state index contributed by atoms with van der Waals surface area (Å²) >= 11 is 0. The maximum absolute atomic E-state index is 13.2. The van der Waals surface area contributed by atoms with Gasteiger partial charge in [-0.05, 0) is 83.5 Å². The van der Waals surface area contributed by atoms with Crippen molar-refractivity contribution < 1.29 is 50.0 Å². The average molecular weight is 1030 g/mol. The van der Waals surface area contributed by atoms with Crippen LogP contribution in [-0.4, -0.2) is 110 Å². The highest BCUT2D eigenvalue weighted by Gasteiger charge is 2.44. The molecule has 0 aromatic carbocycles. The van der Waals surface area contributed by atoms with Crippen molar-refractivity contribution in [3.8, 4) is 0 Å². The summed E-state index contributed by atoms with van der Waals surface area (Å²) in [5.74, 6) is -0.710. The highest BCUT2D eigenvalue weighted by atomic mass is 16.7. The largest absolute Gasteiger partial charge is 0.394 e. The molecule has 428 valence electrons. The Hall–Kier alpha value is -1.93. The molecule has 0 radical (unpaired) electrons. The highest BCUT2D eigenvalue weighted by Crippen LogP contribution is 2.23. The summed E-state index contributed by atoms with van der Waals surface area (Å²) in [5, 5.41) is 76.0. The van der Waals surface area contributed by atoms with Crippen molar-refractivity contribution in [1.29, 1.82) is 0 Å². The number of hydrogen-bond donors (Lipinski definition) is 8. The van der Waals surface area contributed by atoms with E-state index in [-0.39, 0.29) is 12.8 Å². The van der Waals surface area contributed by atoms with E-state index in [0.717, 1.165) is 44.9 Å². The molecule has 1 aliphatic rings. The molecule has 0 spiro atoms. The molecule has 1 fully saturated rings. The first-order chi connectivity index (χ1) is 35.7. The molecule has 0 bridgehead atoms. The van der Waals surface area contributed by atoms with Gasteiger partial charge in [0, 0.05) is 0 Å². The molecule has 11 heteroatoms. The third kappa shape index (κ3) is 39.1. The van der Waals surface area contributed by atoms with E-state index in [1.807, 2.05) is 0 Å². The predicted octanol–water partition coefficient (Wildman–Crippen LogP) is 13.2. The number of carbonyl (C=O) groups is 1. The SMILES string of the molecule is CCCCCCC/C=C/CC/C=C/CCCC(O)C(O)C(COC1OC(CO)C(O)C(O)C1O)NC(=O)C(O)CCCCCCCCCCCCCCCCCC/C=C\C/C=C\CCCCCCCCCCC. The quantitative estimate of drug-likeness (QED) is 0.0215. The van der Waals surface area contributed by atoms with E-state index < -0.39 is 74.2 Å². The summed E-state index contributed by atoms with van der Waals surface area (Å²) in [6.07, 6.45) is 53.3. The summed E-state index contributed by atoms with van der Waals surface area (Å²) in [4.78, 5) is 13.2. The fourth-order valence-electron chi connectivity index (χ4n) is 9.61. The number of amides is 1. The minimum absolute atomic E-state index is 0.246. The Labute approximate surface area is 447 Å². The summed E-state index contributed by atoms with van der Waals surface area (Å²) in [6, 6.07) is -1.19. The minimum Gasteiger partial charge on any atom is -0.394 e. The maximum Gasteiger partial charge on any atom is 0.249 e. The van der Waals surface area contributed by atoms with Crippen molar-refractivity contribution in [2.45, 2.75) is 326 Å². The van der Waals surface area contributed by atoms with Crippen LogP contribution in [0, 0.1) is 0 Å². The van der Waals surface area contributed by atoms with Gasteiger partial charge >= 0.3 is 0 Å². The number of allylic oxidation sites excluding steroid dienone is 8. The van der Waals surface area contributed by atoms with Crippen molar-refractivity contribution in [1.82, 2.24) is 5.32 Å². The lowest BCUT2D eigenvalue weighted by molar-refractivity contribution is -0.303. The van der Waals surface area contributed by atoms with Crippen LogP contribution in [0.4, 0.5) is 0 Å². The van der Waals surface area contributed by atoms with E-state index >= 15 is 0 Å². The van der Waals surface area contributed by atoms with Crippen LogP contribution in [-0.2, 0) is 14.3 Å². The fourth-order valence-corrected chi connectivity index (χ4v) is 9.61. The summed E-state index contributed by atoms with van der Waals surface area (Å²) in [7, 11) is 0. The van der Waals surface area contributed by atoms with Crippen molar-refractivity contribution in [3.05, 3.63) is 48.6 Å². The molecule has 8 N–H and O–H groups in total. The van der Waals surface area contributed by atoms with E-state index in [1.165, 1.54) is 180 Å². The van der Waals surface area contributed by atoms with Crippen molar-refractivity contribution in [3.63, 3.8) is 0 Å². The van der Waals surface area contributed by atoms with Gasteiger partial charge in [-0.25, -0.2) is 0 Å². The smallest absolute Gasteiger partial charge is 0.249 e. The van der Waals surface area contributed by atoms with Gasteiger partial charge in [-0.3, -0.25) is 4.79 Å². The van der Waals surface area contributed by atoms with Gasteiger partial charge in [0.15, 0.2) is 6.29 Å².